The summed E-state index contributed by atoms with van der Waals surface area (Å²) in [5.74, 6) is 1.80. The van der Waals surface area contributed by atoms with Crippen molar-refractivity contribution < 1.29 is 4.74 Å². The van der Waals surface area contributed by atoms with Crippen LogP contribution >= 0.6 is 0 Å². The van der Waals surface area contributed by atoms with E-state index >= 15 is 0 Å². The van der Waals surface area contributed by atoms with Crippen molar-refractivity contribution in [3.8, 4) is 0 Å². The van der Waals surface area contributed by atoms with Crippen molar-refractivity contribution in [2.45, 2.75) is 46.1 Å². The van der Waals surface area contributed by atoms with Crippen LogP contribution in [-0.2, 0) is 4.74 Å². The topological polar surface area (TPSA) is 9.23 Å². The molecule has 1 aliphatic carbocycles. The number of hydrogen-bond acceptors (Lipinski definition) is 1. The van der Waals surface area contributed by atoms with E-state index in [2.05, 4.69) is 27.7 Å². The molecular weight excluding hydrogens is 136 g/mol. The molecule has 1 fully saturated rings. The Kier molecular flexibility index (Phi) is 2.58. The summed E-state index contributed by atoms with van der Waals surface area (Å²) in [5.41, 5.74) is 0.0544. The molecule has 0 heterocycles. The highest BCUT2D eigenvalue weighted by molar-refractivity contribution is 4.76. The van der Waals surface area contributed by atoms with Gasteiger partial charge in [0.1, 0.15) is 0 Å². The highest BCUT2D eigenvalue weighted by atomic mass is 16.5. The van der Waals surface area contributed by atoms with Gasteiger partial charge in [-0.15, -0.1) is 0 Å². The van der Waals surface area contributed by atoms with Crippen LogP contribution in [0, 0.1) is 11.8 Å². The maximum absolute atomic E-state index is 5.68. The van der Waals surface area contributed by atoms with E-state index in [-0.39, 0.29) is 5.60 Å². The first kappa shape index (κ1) is 9.05. The summed E-state index contributed by atoms with van der Waals surface area (Å²) < 4.78 is 5.68. The molecule has 11 heavy (non-hydrogen) atoms. The van der Waals surface area contributed by atoms with Gasteiger partial charge in [-0.05, 0) is 45.4 Å². The molecule has 0 radical (unpaired) electrons. The molecule has 0 bridgehead atoms. The summed E-state index contributed by atoms with van der Waals surface area (Å²) in [6.45, 7) is 9.64. The van der Waals surface area contributed by atoms with Crippen LogP contribution in [0.2, 0.25) is 0 Å². The fourth-order valence-corrected chi connectivity index (χ4v) is 1.57. The van der Waals surface area contributed by atoms with Gasteiger partial charge in [0, 0.05) is 0 Å². The van der Waals surface area contributed by atoms with Gasteiger partial charge in [-0.1, -0.05) is 6.92 Å². The van der Waals surface area contributed by atoms with Crippen LogP contribution in [-0.4, -0.2) is 12.2 Å². The fraction of sp³-hybridized carbons (Fsp3) is 1.00. The molecule has 0 amide bonds. The quantitative estimate of drug-likeness (QED) is 0.597. The smallest absolute Gasteiger partial charge is 0.0598 e. The summed E-state index contributed by atoms with van der Waals surface area (Å²) >= 11 is 0. The second-order valence-corrected chi connectivity index (χ2v) is 4.87. The second kappa shape index (κ2) is 3.14. The SMILES string of the molecule is CC1CC(COC(C)(C)C)C1. The standard InChI is InChI=1S/C10H20O/c1-8-5-9(6-8)7-11-10(2,3)4/h8-9H,5-7H2,1-4H3. The van der Waals surface area contributed by atoms with Crippen molar-refractivity contribution >= 4 is 0 Å². The van der Waals surface area contributed by atoms with Crippen molar-refractivity contribution in [3.05, 3.63) is 0 Å². The summed E-state index contributed by atoms with van der Waals surface area (Å²) in [4.78, 5) is 0. The molecule has 0 unspecified atom stereocenters. The number of rotatable bonds is 2. The number of ether oxygens (including phenoxy) is 1. The van der Waals surface area contributed by atoms with E-state index in [1.165, 1.54) is 12.8 Å². The van der Waals surface area contributed by atoms with Crippen molar-refractivity contribution in [1.29, 1.82) is 0 Å². The monoisotopic (exact) mass is 156 g/mol. The van der Waals surface area contributed by atoms with Gasteiger partial charge in [0.15, 0.2) is 0 Å². The zero-order valence-corrected chi connectivity index (χ0v) is 8.18. The molecule has 0 aliphatic heterocycles. The molecule has 0 atom stereocenters. The summed E-state index contributed by atoms with van der Waals surface area (Å²) in [7, 11) is 0. The van der Waals surface area contributed by atoms with Crippen LogP contribution < -0.4 is 0 Å². The zero-order chi connectivity index (χ0) is 8.48. The van der Waals surface area contributed by atoms with E-state index in [1.54, 1.807) is 0 Å². The largest absolute Gasteiger partial charge is 0.376 e. The van der Waals surface area contributed by atoms with Crippen LogP contribution in [0.5, 0.6) is 0 Å². The van der Waals surface area contributed by atoms with Gasteiger partial charge in [0.2, 0.25) is 0 Å². The van der Waals surface area contributed by atoms with Gasteiger partial charge in [0.25, 0.3) is 0 Å². The van der Waals surface area contributed by atoms with Gasteiger partial charge in [0.05, 0.1) is 12.2 Å². The lowest BCUT2D eigenvalue weighted by Gasteiger charge is -2.34. The molecule has 0 saturated heterocycles. The molecule has 0 aromatic carbocycles. The van der Waals surface area contributed by atoms with E-state index in [9.17, 15) is 0 Å². The second-order valence-electron chi connectivity index (χ2n) is 4.87. The predicted molar refractivity (Wildman–Crippen MR) is 47.6 cm³/mol. The van der Waals surface area contributed by atoms with Crippen molar-refractivity contribution in [1.82, 2.24) is 0 Å². The van der Waals surface area contributed by atoms with Crippen molar-refractivity contribution in [2.24, 2.45) is 11.8 Å². The highest BCUT2D eigenvalue weighted by Gasteiger charge is 2.26. The van der Waals surface area contributed by atoms with E-state index in [0.29, 0.717) is 0 Å². The molecule has 0 N–H and O–H groups in total. The Hall–Kier alpha value is -0.0400. The van der Waals surface area contributed by atoms with Gasteiger partial charge in [-0.2, -0.15) is 0 Å². The van der Waals surface area contributed by atoms with Crippen LogP contribution in [0.15, 0.2) is 0 Å². The molecule has 0 aromatic rings. The molecule has 0 spiro atoms. The minimum absolute atomic E-state index is 0.0544. The Morgan fingerprint density at radius 1 is 1.27 bits per heavy atom. The lowest BCUT2D eigenvalue weighted by molar-refractivity contribution is -0.0444. The van der Waals surface area contributed by atoms with E-state index in [4.69, 9.17) is 4.74 Å². The average Bonchev–Trinajstić information content (AvgIpc) is 1.75. The maximum Gasteiger partial charge on any atom is 0.0598 e. The lowest BCUT2D eigenvalue weighted by atomic mass is 9.77. The first-order chi connectivity index (χ1) is 4.97. The summed E-state index contributed by atoms with van der Waals surface area (Å²) in [5, 5.41) is 0. The van der Waals surface area contributed by atoms with Gasteiger partial charge in [-0.3, -0.25) is 0 Å². The normalized spacial score (nSPS) is 31.6. The van der Waals surface area contributed by atoms with Crippen LogP contribution in [0.25, 0.3) is 0 Å². The van der Waals surface area contributed by atoms with Crippen LogP contribution in [0.1, 0.15) is 40.5 Å². The third-order valence-corrected chi connectivity index (χ3v) is 2.22. The molecule has 1 saturated carbocycles. The molecule has 66 valence electrons. The number of hydrogen-bond donors (Lipinski definition) is 0. The fourth-order valence-electron chi connectivity index (χ4n) is 1.57. The van der Waals surface area contributed by atoms with Gasteiger partial charge >= 0.3 is 0 Å². The first-order valence-electron chi connectivity index (χ1n) is 4.61. The van der Waals surface area contributed by atoms with Crippen LogP contribution in [0.4, 0.5) is 0 Å². The molecule has 1 heteroatoms. The minimum atomic E-state index is 0.0544. The third kappa shape index (κ3) is 3.24. The third-order valence-electron chi connectivity index (χ3n) is 2.22. The van der Waals surface area contributed by atoms with Crippen LogP contribution in [0.3, 0.4) is 0 Å². The molecule has 0 aromatic heterocycles. The Bertz CT molecular complexity index is 117. The predicted octanol–water partition coefficient (Wildman–Crippen LogP) is 2.85. The Balaban J connectivity index is 2.05. The Labute approximate surface area is 70.1 Å². The van der Waals surface area contributed by atoms with Crippen molar-refractivity contribution in [3.63, 3.8) is 0 Å². The first-order valence-corrected chi connectivity index (χ1v) is 4.61. The summed E-state index contributed by atoms with van der Waals surface area (Å²) in [6.07, 6.45) is 2.74. The molecule has 1 aliphatic rings. The maximum atomic E-state index is 5.68. The molecule has 1 nitrogen and oxygen atoms in total. The summed E-state index contributed by atoms with van der Waals surface area (Å²) in [6, 6.07) is 0. The van der Waals surface area contributed by atoms with E-state index in [0.717, 1.165) is 18.4 Å². The Morgan fingerprint density at radius 3 is 2.18 bits per heavy atom. The Morgan fingerprint density at radius 2 is 1.82 bits per heavy atom. The van der Waals surface area contributed by atoms with Crippen molar-refractivity contribution in [2.75, 3.05) is 6.61 Å². The van der Waals surface area contributed by atoms with Gasteiger partial charge < -0.3 is 4.74 Å². The average molecular weight is 156 g/mol. The zero-order valence-electron chi connectivity index (χ0n) is 8.18. The van der Waals surface area contributed by atoms with E-state index < -0.39 is 0 Å². The van der Waals surface area contributed by atoms with Gasteiger partial charge in [-0.25, -0.2) is 0 Å². The highest BCUT2D eigenvalue weighted by Crippen LogP contribution is 2.33. The lowest BCUT2D eigenvalue weighted by Crippen LogP contribution is -2.30. The minimum Gasteiger partial charge on any atom is -0.376 e. The molecule has 1 rings (SSSR count). The van der Waals surface area contributed by atoms with E-state index in [1.807, 2.05) is 0 Å². The molecular formula is C10H20O.